The molecule has 0 aliphatic carbocycles. The Morgan fingerprint density at radius 2 is 2.19 bits per heavy atom. The molecule has 3 nitrogen and oxygen atoms in total. The normalized spacial score (nSPS) is 11.5. The van der Waals surface area contributed by atoms with E-state index in [1.807, 2.05) is 0 Å². The van der Waals surface area contributed by atoms with Crippen molar-refractivity contribution in [2.45, 2.75) is 19.5 Å². The maximum absolute atomic E-state index is 12.9. The summed E-state index contributed by atoms with van der Waals surface area (Å²) in [5.41, 5.74) is 6.06. The first-order valence-corrected chi connectivity index (χ1v) is 5.26. The lowest BCUT2D eigenvalue weighted by atomic mass is 10.2. The third-order valence-electron chi connectivity index (χ3n) is 1.80. The van der Waals surface area contributed by atoms with E-state index < -0.39 is 6.04 Å². The largest absolute Gasteiger partial charge is 0.351 e. The Bertz CT molecular complexity index is 354. The van der Waals surface area contributed by atoms with Crippen molar-refractivity contribution in [3.63, 3.8) is 0 Å². The highest BCUT2D eigenvalue weighted by atomic mass is 79.9. The fourth-order valence-corrected chi connectivity index (χ4v) is 1.58. The number of benzene rings is 1. The molecule has 0 saturated heterocycles. The zero-order chi connectivity index (χ0) is 11.4. The zero-order valence-electron chi connectivity index (χ0n) is 8.67. The monoisotopic (exact) mass is 310 g/mol. The molecule has 1 rings (SSSR count). The quantitative estimate of drug-likeness (QED) is 0.897. The Morgan fingerprint density at radius 1 is 1.56 bits per heavy atom. The summed E-state index contributed by atoms with van der Waals surface area (Å²) in [6.07, 6.45) is 0. The van der Waals surface area contributed by atoms with Crippen LogP contribution >= 0.6 is 28.3 Å². The average Bonchev–Trinajstić information content (AvgIpc) is 2.12. The molecule has 0 spiro atoms. The topological polar surface area (TPSA) is 55.1 Å². The second-order valence-electron chi connectivity index (χ2n) is 3.28. The van der Waals surface area contributed by atoms with Crippen LogP contribution < -0.4 is 11.1 Å². The molecule has 1 aromatic rings. The standard InChI is InChI=1S/C10H12BrFN2O.ClH/c1-6(13)10(15)14-5-7-2-8(11)4-9(12)3-7;/h2-4,6H,5,13H2,1H3,(H,14,15);1H. The summed E-state index contributed by atoms with van der Waals surface area (Å²) in [5, 5.41) is 2.60. The summed E-state index contributed by atoms with van der Waals surface area (Å²) in [7, 11) is 0. The van der Waals surface area contributed by atoms with E-state index >= 15 is 0 Å². The predicted molar refractivity (Wildman–Crippen MR) is 66.8 cm³/mol. The molecule has 3 N–H and O–H groups in total. The summed E-state index contributed by atoms with van der Waals surface area (Å²) in [6, 6.07) is 3.91. The van der Waals surface area contributed by atoms with Gasteiger partial charge in [0, 0.05) is 11.0 Å². The van der Waals surface area contributed by atoms with Crippen LogP contribution in [0.5, 0.6) is 0 Å². The molecule has 0 fully saturated rings. The van der Waals surface area contributed by atoms with Gasteiger partial charge in [0.1, 0.15) is 5.82 Å². The second kappa shape index (κ2) is 6.83. The van der Waals surface area contributed by atoms with E-state index in [-0.39, 0.29) is 30.7 Å². The van der Waals surface area contributed by atoms with E-state index in [0.29, 0.717) is 10.0 Å². The first-order chi connectivity index (χ1) is 6.99. The molecule has 0 heterocycles. The Balaban J connectivity index is 0.00000225. The number of hydrogen-bond acceptors (Lipinski definition) is 2. The number of nitrogens with two attached hydrogens (primary N) is 1. The highest BCUT2D eigenvalue weighted by Crippen LogP contribution is 2.14. The van der Waals surface area contributed by atoms with Crippen LogP contribution in [0.2, 0.25) is 0 Å². The maximum atomic E-state index is 12.9. The first-order valence-electron chi connectivity index (χ1n) is 4.47. The number of hydrogen-bond donors (Lipinski definition) is 2. The fourth-order valence-electron chi connectivity index (χ4n) is 1.06. The molecule has 1 atom stereocenters. The lowest BCUT2D eigenvalue weighted by Gasteiger charge is -2.08. The van der Waals surface area contributed by atoms with Crippen molar-refractivity contribution >= 4 is 34.2 Å². The molecule has 0 aliphatic heterocycles. The van der Waals surface area contributed by atoms with Gasteiger partial charge < -0.3 is 11.1 Å². The van der Waals surface area contributed by atoms with Crippen molar-refractivity contribution in [2.24, 2.45) is 5.73 Å². The Hall–Kier alpha value is -0.650. The van der Waals surface area contributed by atoms with Gasteiger partial charge in [-0.25, -0.2) is 4.39 Å². The van der Waals surface area contributed by atoms with Crippen LogP contribution in [0.1, 0.15) is 12.5 Å². The van der Waals surface area contributed by atoms with E-state index in [9.17, 15) is 9.18 Å². The molecule has 0 radical (unpaired) electrons. The molecule has 0 saturated carbocycles. The Labute approximate surface area is 108 Å². The second-order valence-corrected chi connectivity index (χ2v) is 4.20. The van der Waals surface area contributed by atoms with Gasteiger partial charge in [0.15, 0.2) is 0 Å². The van der Waals surface area contributed by atoms with Gasteiger partial charge in [0.25, 0.3) is 0 Å². The maximum Gasteiger partial charge on any atom is 0.236 e. The smallest absolute Gasteiger partial charge is 0.236 e. The summed E-state index contributed by atoms with van der Waals surface area (Å²) >= 11 is 3.17. The summed E-state index contributed by atoms with van der Waals surface area (Å²) in [6.45, 7) is 1.87. The molecule has 0 aliphatic rings. The van der Waals surface area contributed by atoms with Gasteiger partial charge in [0.05, 0.1) is 6.04 Å². The number of rotatable bonds is 3. The SMILES string of the molecule is CC(N)C(=O)NCc1cc(F)cc(Br)c1.Cl. The number of nitrogens with one attached hydrogen (secondary N) is 1. The summed E-state index contributed by atoms with van der Waals surface area (Å²) in [5.74, 6) is -0.593. The highest BCUT2D eigenvalue weighted by Gasteiger charge is 2.06. The molecule has 0 aromatic heterocycles. The Kier molecular flexibility index (Phi) is 6.55. The number of carbonyl (C=O) groups excluding carboxylic acids is 1. The average molecular weight is 312 g/mol. The van der Waals surface area contributed by atoms with Crippen LogP contribution in [0, 0.1) is 5.82 Å². The number of carbonyl (C=O) groups is 1. The minimum Gasteiger partial charge on any atom is -0.351 e. The van der Waals surface area contributed by atoms with Gasteiger partial charge in [-0.3, -0.25) is 4.79 Å². The van der Waals surface area contributed by atoms with Crippen LogP contribution in [-0.4, -0.2) is 11.9 Å². The molecule has 90 valence electrons. The van der Waals surface area contributed by atoms with Crippen LogP contribution in [0.4, 0.5) is 4.39 Å². The fraction of sp³-hybridized carbons (Fsp3) is 0.300. The van der Waals surface area contributed by atoms with Gasteiger partial charge in [-0.1, -0.05) is 15.9 Å². The van der Waals surface area contributed by atoms with E-state index in [2.05, 4.69) is 21.2 Å². The van der Waals surface area contributed by atoms with Crippen LogP contribution in [0.15, 0.2) is 22.7 Å². The highest BCUT2D eigenvalue weighted by molar-refractivity contribution is 9.10. The van der Waals surface area contributed by atoms with Crippen molar-refractivity contribution in [1.29, 1.82) is 0 Å². The lowest BCUT2D eigenvalue weighted by molar-refractivity contribution is -0.122. The van der Waals surface area contributed by atoms with Gasteiger partial charge in [-0.15, -0.1) is 12.4 Å². The van der Waals surface area contributed by atoms with Gasteiger partial charge in [-0.05, 0) is 30.7 Å². The molecule has 16 heavy (non-hydrogen) atoms. The van der Waals surface area contributed by atoms with E-state index in [4.69, 9.17) is 5.73 Å². The zero-order valence-corrected chi connectivity index (χ0v) is 11.1. The van der Waals surface area contributed by atoms with Crippen LogP contribution in [0.25, 0.3) is 0 Å². The van der Waals surface area contributed by atoms with Crippen molar-refractivity contribution in [2.75, 3.05) is 0 Å². The first kappa shape index (κ1) is 15.3. The van der Waals surface area contributed by atoms with Crippen molar-refractivity contribution in [3.05, 3.63) is 34.1 Å². The van der Waals surface area contributed by atoms with E-state index in [1.165, 1.54) is 12.1 Å². The van der Waals surface area contributed by atoms with Gasteiger partial charge >= 0.3 is 0 Å². The third-order valence-corrected chi connectivity index (χ3v) is 2.26. The van der Waals surface area contributed by atoms with Crippen LogP contribution in [0.3, 0.4) is 0 Å². The van der Waals surface area contributed by atoms with Crippen molar-refractivity contribution in [1.82, 2.24) is 5.32 Å². The lowest BCUT2D eigenvalue weighted by Crippen LogP contribution is -2.37. The molecule has 1 unspecified atom stereocenters. The Morgan fingerprint density at radius 3 is 2.69 bits per heavy atom. The van der Waals surface area contributed by atoms with Crippen LogP contribution in [-0.2, 0) is 11.3 Å². The predicted octanol–water partition coefficient (Wildman–Crippen LogP) is 1.97. The van der Waals surface area contributed by atoms with Crippen molar-refractivity contribution in [3.8, 4) is 0 Å². The van der Waals surface area contributed by atoms with Gasteiger partial charge in [-0.2, -0.15) is 0 Å². The minimum absolute atomic E-state index is 0. The molecular weight excluding hydrogens is 298 g/mol. The molecular formula is C10H13BrClFN2O. The minimum atomic E-state index is -0.554. The van der Waals surface area contributed by atoms with E-state index in [0.717, 1.165) is 0 Å². The molecule has 1 amide bonds. The molecule has 0 bridgehead atoms. The van der Waals surface area contributed by atoms with Crippen molar-refractivity contribution < 1.29 is 9.18 Å². The van der Waals surface area contributed by atoms with E-state index in [1.54, 1.807) is 13.0 Å². The molecule has 1 aromatic carbocycles. The van der Waals surface area contributed by atoms with Gasteiger partial charge in [0.2, 0.25) is 5.91 Å². The summed E-state index contributed by atoms with van der Waals surface area (Å²) < 4.78 is 13.6. The summed E-state index contributed by atoms with van der Waals surface area (Å²) in [4.78, 5) is 11.1. The number of amides is 1. The number of halogens is 3. The molecule has 6 heteroatoms. The third kappa shape index (κ3) is 4.92.